The molecular formula is C30H25ClF5N5. The van der Waals surface area contributed by atoms with E-state index < -0.39 is 23.4 Å². The fourth-order valence-electron chi connectivity index (χ4n) is 5.68. The number of fused-ring (bicyclic) bond motifs is 2. The fraction of sp³-hybridized carbons (Fsp3) is 0.267. The van der Waals surface area contributed by atoms with Crippen molar-refractivity contribution < 1.29 is 22.0 Å². The molecule has 1 N–H and O–H groups in total. The van der Waals surface area contributed by atoms with Crippen LogP contribution in [-0.4, -0.2) is 26.3 Å². The average Bonchev–Trinajstić information content (AvgIpc) is 3.58. The first-order valence-corrected chi connectivity index (χ1v) is 13.6. The number of alkyl halides is 3. The van der Waals surface area contributed by atoms with Crippen molar-refractivity contribution in [1.29, 1.82) is 0 Å². The van der Waals surface area contributed by atoms with E-state index in [9.17, 15) is 13.2 Å². The Balaban J connectivity index is 1.59. The van der Waals surface area contributed by atoms with E-state index in [4.69, 9.17) is 16.7 Å². The van der Waals surface area contributed by atoms with Gasteiger partial charge in [-0.15, -0.1) is 0 Å². The summed E-state index contributed by atoms with van der Waals surface area (Å²) in [6.07, 6.45) is -0.624. The summed E-state index contributed by atoms with van der Waals surface area (Å²) in [5.74, 6) is -1.82. The van der Waals surface area contributed by atoms with E-state index in [1.165, 1.54) is 6.07 Å². The Hall–Kier alpha value is -3.92. The molecule has 1 aliphatic rings. The van der Waals surface area contributed by atoms with Crippen LogP contribution < -0.4 is 4.90 Å². The molecule has 5 aromatic rings. The van der Waals surface area contributed by atoms with Gasteiger partial charge in [-0.1, -0.05) is 43.6 Å². The zero-order valence-electron chi connectivity index (χ0n) is 22.2. The first kappa shape index (κ1) is 27.3. The number of H-pyrrole nitrogens is 1. The quantitative estimate of drug-likeness (QED) is 0.212. The molecule has 0 atom stereocenters. The number of nitrogens with zero attached hydrogens (tertiary/aromatic N) is 4. The van der Waals surface area contributed by atoms with Crippen molar-refractivity contribution >= 4 is 28.3 Å². The van der Waals surface area contributed by atoms with Crippen molar-refractivity contribution in [3.8, 4) is 16.9 Å². The van der Waals surface area contributed by atoms with Crippen molar-refractivity contribution in [2.45, 2.75) is 45.8 Å². The third-order valence-electron chi connectivity index (χ3n) is 7.64. The first-order valence-electron chi connectivity index (χ1n) is 13.3. The largest absolute Gasteiger partial charge is 0.417 e. The molecule has 0 bridgehead atoms. The van der Waals surface area contributed by atoms with Gasteiger partial charge in [0.1, 0.15) is 5.82 Å². The highest BCUT2D eigenvalue weighted by Gasteiger charge is 2.34. The van der Waals surface area contributed by atoms with Gasteiger partial charge in [0.15, 0.2) is 11.6 Å². The van der Waals surface area contributed by atoms with E-state index >= 15 is 8.78 Å². The summed E-state index contributed by atoms with van der Waals surface area (Å²) in [4.78, 5) is 8.48. The van der Waals surface area contributed by atoms with E-state index in [-0.39, 0.29) is 29.5 Å². The van der Waals surface area contributed by atoms with Gasteiger partial charge in [0.25, 0.3) is 0 Å². The third-order valence-corrected chi connectivity index (χ3v) is 7.94. The van der Waals surface area contributed by atoms with Crippen LogP contribution in [0.5, 0.6) is 0 Å². The van der Waals surface area contributed by atoms with Crippen LogP contribution in [0, 0.1) is 11.6 Å². The van der Waals surface area contributed by atoms with E-state index in [0.717, 1.165) is 16.8 Å². The van der Waals surface area contributed by atoms with E-state index in [1.54, 1.807) is 21.8 Å². The topological polar surface area (TPSA) is 49.7 Å². The Morgan fingerprint density at radius 3 is 2.41 bits per heavy atom. The Bertz CT molecular complexity index is 1770. The number of rotatable bonds is 5. The van der Waals surface area contributed by atoms with Crippen LogP contribution in [-0.2, 0) is 32.0 Å². The maximum absolute atomic E-state index is 16.0. The summed E-state index contributed by atoms with van der Waals surface area (Å²) >= 11 is 6.37. The lowest BCUT2D eigenvalue weighted by Crippen LogP contribution is -2.32. The second kappa shape index (κ2) is 10.2. The van der Waals surface area contributed by atoms with Gasteiger partial charge in [-0.3, -0.25) is 0 Å². The molecule has 11 heteroatoms. The smallest absolute Gasteiger partial charge is 0.360 e. The van der Waals surface area contributed by atoms with Gasteiger partial charge in [-0.05, 0) is 42.2 Å². The molecule has 0 unspecified atom stereocenters. The number of aromatic nitrogens is 4. The van der Waals surface area contributed by atoms with Gasteiger partial charge in [0.2, 0.25) is 0 Å². The predicted octanol–water partition coefficient (Wildman–Crippen LogP) is 8.05. The lowest BCUT2D eigenvalue weighted by Gasteiger charge is -2.28. The second-order valence-corrected chi connectivity index (χ2v) is 10.4. The number of hydrogen-bond donors (Lipinski definition) is 1. The highest BCUT2D eigenvalue weighted by molar-refractivity contribution is 6.35. The lowest BCUT2D eigenvalue weighted by molar-refractivity contribution is -0.138. The monoisotopic (exact) mass is 585 g/mol. The second-order valence-electron chi connectivity index (χ2n) is 10.00. The molecule has 0 saturated carbocycles. The molecule has 1 aliphatic heterocycles. The number of aromatic amines is 1. The summed E-state index contributed by atoms with van der Waals surface area (Å²) in [7, 11) is 0. The number of para-hydroxylation sites is 1. The molecule has 5 nitrogen and oxygen atoms in total. The van der Waals surface area contributed by atoms with Crippen LogP contribution in [0.15, 0.2) is 48.8 Å². The van der Waals surface area contributed by atoms with E-state index in [2.05, 4.69) is 9.97 Å². The molecule has 0 fully saturated rings. The molecule has 212 valence electrons. The molecule has 41 heavy (non-hydrogen) atoms. The number of hydrogen-bond acceptors (Lipinski definition) is 3. The van der Waals surface area contributed by atoms with Crippen molar-refractivity contribution in [2.75, 3.05) is 11.4 Å². The summed E-state index contributed by atoms with van der Waals surface area (Å²) in [6.45, 7) is 4.42. The standard InChI is InChI=1S/C30H25ClF5N5/c1-3-16-6-5-7-17(4-2)27(16)41-28(25-19-8-10-37-26(19)21(31)13-22(25)32)20-15-40(11-9-24(20)39-41)29-23(33)12-18(14-38-29)30(34,35)36/h5-8,10,12-14,37H,3-4,9,11,15H2,1-2H3. The minimum atomic E-state index is -4.71. The molecule has 0 spiro atoms. The van der Waals surface area contributed by atoms with Gasteiger partial charge in [-0.25, -0.2) is 18.4 Å². The molecule has 4 heterocycles. The van der Waals surface area contributed by atoms with Crippen molar-refractivity contribution in [3.05, 3.63) is 93.4 Å². The molecule has 0 amide bonds. The van der Waals surface area contributed by atoms with Crippen LogP contribution in [0.25, 0.3) is 27.8 Å². The van der Waals surface area contributed by atoms with Crippen LogP contribution in [0.1, 0.15) is 41.8 Å². The maximum atomic E-state index is 16.0. The van der Waals surface area contributed by atoms with Gasteiger partial charge < -0.3 is 9.88 Å². The molecule has 0 saturated heterocycles. The zero-order valence-corrected chi connectivity index (χ0v) is 23.0. The SMILES string of the molecule is CCc1cccc(CC)c1-n1nc2c(c1-c1c(F)cc(Cl)c3[nH]ccc13)CN(c1ncc(C(F)(F)F)cc1F)CC2. The third kappa shape index (κ3) is 4.54. The Kier molecular flexibility index (Phi) is 6.76. The van der Waals surface area contributed by atoms with Gasteiger partial charge >= 0.3 is 6.18 Å². The highest BCUT2D eigenvalue weighted by atomic mass is 35.5. The van der Waals surface area contributed by atoms with Gasteiger partial charge in [0, 0.05) is 48.4 Å². The summed E-state index contributed by atoms with van der Waals surface area (Å²) in [5, 5.41) is 5.77. The number of aryl methyl sites for hydroxylation is 2. The van der Waals surface area contributed by atoms with Crippen molar-refractivity contribution in [1.82, 2.24) is 19.7 Å². The molecule has 0 radical (unpaired) electrons. The van der Waals surface area contributed by atoms with Crippen LogP contribution >= 0.6 is 11.6 Å². The zero-order chi connectivity index (χ0) is 29.1. The Morgan fingerprint density at radius 1 is 1.02 bits per heavy atom. The summed E-state index contributed by atoms with van der Waals surface area (Å²) in [6, 6.07) is 9.46. The van der Waals surface area contributed by atoms with E-state index in [0.29, 0.717) is 59.4 Å². The normalized spacial score (nSPS) is 13.7. The molecule has 3 aromatic heterocycles. The fourth-order valence-corrected chi connectivity index (χ4v) is 5.93. The number of anilines is 1. The lowest BCUT2D eigenvalue weighted by atomic mass is 9.97. The molecular weight excluding hydrogens is 561 g/mol. The van der Waals surface area contributed by atoms with Gasteiger partial charge in [-0.2, -0.15) is 18.3 Å². The predicted molar refractivity (Wildman–Crippen MR) is 149 cm³/mol. The van der Waals surface area contributed by atoms with Crippen LogP contribution in [0.4, 0.5) is 27.8 Å². The molecule has 2 aromatic carbocycles. The molecule has 6 rings (SSSR count). The number of halogens is 6. The van der Waals surface area contributed by atoms with Crippen molar-refractivity contribution in [3.63, 3.8) is 0 Å². The molecule has 0 aliphatic carbocycles. The first-order chi connectivity index (χ1) is 19.6. The Morgan fingerprint density at radius 2 is 1.76 bits per heavy atom. The number of benzene rings is 2. The summed E-state index contributed by atoms with van der Waals surface area (Å²) < 4.78 is 72.2. The maximum Gasteiger partial charge on any atom is 0.417 e. The highest BCUT2D eigenvalue weighted by Crippen LogP contribution is 2.42. The van der Waals surface area contributed by atoms with Gasteiger partial charge in [0.05, 0.1) is 33.2 Å². The van der Waals surface area contributed by atoms with Crippen LogP contribution in [0.3, 0.4) is 0 Å². The summed E-state index contributed by atoms with van der Waals surface area (Å²) in [5.41, 5.74) is 4.43. The number of pyridine rings is 1. The van der Waals surface area contributed by atoms with Crippen LogP contribution in [0.2, 0.25) is 5.02 Å². The Labute approximate surface area is 237 Å². The minimum Gasteiger partial charge on any atom is -0.360 e. The average molecular weight is 586 g/mol. The van der Waals surface area contributed by atoms with E-state index in [1.807, 2.05) is 32.0 Å². The van der Waals surface area contributed by atoms with Crippen molar-refractivity contribution in [2.24, 2.45) is 0 Å². The minimum absolute atomic E-state index is 0.0731. The number of nitrogens with one attached hydrogen (secondary N) is 1.